The van der Waals surface area contributed by atoms with E-state index in [2.05, 4.69) is 11.9 Å². The van der Waals surface area contributed by atoms with E-state index in [4.69, 9.17) is 5.73 Å². The summed E-state index contributed by atoms with van der Waals surface area (Å²) in [4.78, 5) is 3.86. The molecule has 0 saturated heterocycles. The van der Waals surface area contributed by atoms with Crippen molar-refractivity contribution in [3.05, 3.63) is 6.33 Å². The lowest BCUT2D eigenvalue weighted by Crippen LogP contribution is -2.40. The van der Waals surface area contributed by atoms with Crippen molar-refractivity contribution in [3.8, 4) is 0 Å². The molecule has 0 aliphatic heterocycles. The molecular weight excluding hydrogens is 264 g/mol. The summed E-state index contributed by atoms with van der Waals surface area (Å²) < 4.78 is 28.1. The molecule has 0 aromatic carbocycles. The molecule has 7 heteroatoms. The van der Waals surface area contributed by atoms with Crippen molar-refractivity contribution in [2.75, 3.05) is 12.8 Å². The van der Waals surface area contributed by atoms with Crippen LogP contribution >= 0.6 is 0 Å². The van der Waals surface area contributed by atoms with E-state index in [0.717, 1.165) is 25.7 Å². The normalized spacial score (nSPS) is 24.8. The summed E-state index contributed by atoms with van der Waals surface area (Å²) in [5.41, 5.74) is 5.68. The third-order valence-electron chi connectivity index (χ3n) is 4.03. The topological polar surface area (TPSA) is 81.2 Å². The minimum atomic E-state index is -3.57. The number of rotatable bonds is 3. The average molecular weight is 286 g/mol. The van der Waals surface area contributed by atoms with Crippen molar-refractivity contribution in [1.82, 2.24) is 13.9 Å². The Morgan fingerprint density at radius 3 is 2.42 bits per heavy atom. The smallest absolute Gasteiger partial charge is 0.262 e. The fourth-order valence-corrected chi connectivity index (χ4v) is 4.29. The van der Waals surface area contributed by atoms with Gasteiger partial charge in [-0.15, -0.1) is 0 Å². The lowest BCUT2D eigenvalue weighted by molar-refractivity contribution is 0.245. The first-order valence-electron chi connectivity index (χ1n) is 6.59. The Morgan fingerprint density at radius 1 is 1.37 bits per heavy atom. The maximum Gasteiger partial charge on any atom is 0.262 e. The molecule has 1 aliphatic rings. The summed E-state index contributed by atoms with van der Waals surface area (Å²) in [6, 6.07) is 0.0653. The molecule has 1 heterocycles. The number of imidazole rings is 1. The van der Waals surface area contributed by atoms with E-state index in [9.17, 15) is 8.42 Å². The van der Waals surface area contributed by atoms with Crippen LogP contribution in [0.1, 0.15) is 32.6 Å². The minimum absolute atomic E-state index is 0.0653. The van der Waals surface area contributed by atoms with Crippen LogP contribution in [0.2, 0.25) is 0 Å². The van der Waals surface area contributed by atoms with Gasteiger partial charge in [0.15, 0.2) is 10.8 Å². The van der Waals surface area contributed by atoms with Crippen molar-refractivity contribution in [1.29, 1.82) is 0 Å². The van der Waals surface area contributed by atoms with E-state index >= 15 is 0 Å². The van der Waals surface area contributed by atoms with E-state index in [-0.39, 0.29) is 16.9 Å². The van der Waals surface area contributed by atoms with Crippen LogP contribution in [0.25, 0.3) is 0 Å². The number of nitrogens with two attached hydrogens (primary N) is 1. The van der Waals surface area contributed by atoms with Crippen LogP contribution in [0.15, 0.2) is 11.4 Å². The van der Waals surface area contributed by atoms with Crippen LogP contribution in [0.3, 0.4) is 0 Å². The second-order valence-electron chi connectivity index (χ2n) is 5.48. The Bertz CT molecular complexity index is 525. The van der Waals surface area contributed by atoms with E-state index in [1.54, 1.807) is 14.1 Å². The summed E-state index contributed by atoms with van der Waals surface area (Å²) in [6.45, 7) is 2.21. The van der Waals surface area contributed by atoms with E-state index in [1.807, 2.05) is 0 Å². The molecule has 0 spiro atoms. The van der Waals surface area contributed by atoms with Gasteiger partial charge in [0.05, 0.1) is 6.33 Å². The molecule has 0 bridgehead atoms. The molecular formula is C12H22N4O2S. The van der Waals surface area contributed by atoms with Crippen LogP contribution in [-0.2, 0) is 17.1 Å². The summed E-state index contributed by atoms with van der Waals surface area (Å²) in [5, 5.41) is 0.0913. The van der Waals surface area contributed by atoms with Crippen molar-refractivity contribution in [3.63, 3.8) is 0 Å². The van der Waals surface area contributed by atoms with Gasteiger partial charge in [0.25, 0.3) is 10.0 Å². The molecule has 0 unspecified atom stereocenters. The SMILES string of the molecule is CC1CCC(N(C)S(=O)(=O)c2c(N)ncn2C)CC1. The predicted molar refractivity (Wildman–Crippen MR) is 74.0 cm³/mol. The fraction of sp³-hybridized carbons (Fsp3) is 0.750. The van der Waals surface area contributed by atoms with Gasteiger partial charge >= 0.3 is 0 Å². The van der Waals surface area contributed by atoms with Gasteiger partial charge in [0, 0.05) is 20.1 Å². The van der Waals surface area contributed by atoms with Crippen LogP contribution in [0, 0.1) is 5.92 Å². The highest BCUT2D eigenvalue weighted by Gasteiger charge is 2.33. The van der Waals surface area contributed by atoms with E-state index in [1.165, 1.54) is 15.2 Å². The first-order valence-corrected chi connectivity index (χ1v) is 8.03. The number of aromatic nitrogens is 2. The molecule has 6 nitrogen and oxygen atoms in total. The molecule has 2 N–H and O–H groups in total. The Morgan fingerprint density at radius 2 is 1.95 bits per heavy atom. The molecule has 0 atom stereocenters. The lowest BCUT2D eigenvalue weighted by Gasteiger charge is -2.32. The Labute approximate surface area is 114 Å². The quantitative estimate of drug-likeness (QED) is 0.905. The molecule has 0 amide bonds. The maximum atomic E-state index is 12.6. The van der Waals surface area contributed by atoms with Crippen molar-refractivity contribution in [2.45, 2.75) is 43.7 Å². The fourth-order valence-electron chi connectivity index (χ4n) is 2.69. The van der Waals surface area contributed by atoms with Gasteiger partial charge < -0.3 is 10.3 Å². The van der Waals surface area contributed by atoms with Crippen LogP contribution in [0.4, 0.5) is 5.82 Å². The zero-order valence-electron chi connectivity index (χ0n) is 11.7. The van der Waals surface area contributed by atoms with Crippen LogP contribution in [0.5, 0.6) is 0 Å². The van der Waals surface area contributed by atoms with E-state index < -0.39 is 10.0 Å². The number of nitrogens with zero attached hydrogens (tertiary/aromatic N) is 3. The Kier molecular flexibility index (Phi) is 3.87. The van der Waals surface area contributed by atoms with Gasteiger partial charge in [0.1, 0.15) is 0 Å². The van der Waals surface area contributed by atoms with Crippen molar-refractivity contribution < 1.29 is 8.42 Å². The van der Waals surface area contributed by atoms with Gasteiger partial charge in [-0.2, -0.15) is 4.31 Å². The van der Waals surface area contributed by atoms with Gasteiger partial charge in [-0.25, -0.2) is 13.4 Å². The number of sulfonamides is 1. The highest BCUT2D eigenvalue weighted by atomic mass is 32.2. The number of aryl methyl sites for hydroxylation is 1. The number of anilines is 1. The summed E-state index contributed by atoms with van der Waals surface area (Å²) in [6.07, 6.45) is 5.40. The molecule has 1 saturated carbocycles. The van der Waals surface area contributed by atoms with Gasteiger partial charge in [-0.3, -0.25) is 0 Å². The second kappa shape index (κ2) is 5.13. The first-order chi connectivity index (χ1) is 8.84. The number of nitrogen functional groups attached to an aromatic ring is 1. The third kappa shape index (κ3) is 2.62. The van der Waals surface area contributed by atoms with Gasteiger partial charge in [0.2, 0.25) is 0 Å². The van der Waals surface area contributed by atoms with Crippen molar-refractivity contribution >= 4 is 15.8 Å². The molecule has 1 aromatic heterocycles. The summed E-state index contributed by atoms with van der Waals surface area (Å²) in [5.74, 6) is 0.757. The largest absolute Gasteiger partial charge is 0.381 e. The molecule has 1 aromatic rings. The highest BCUT2D eigenvalue weighted by molar-refractivity contribution is 7.89. The highest BCUT2D eigenvalue weighted by Crippen LogP contribution is 2.30. The Balaban J connectivity index is 2.25. The number of hydrogen-bond acceptors (Lipinski definition) is 4. The molecule has 0 radical (unpaired) electrons. The summed E-state index contributed by atoms with van der Waals surface area (Å²) in [7, 11) is -0.278. The van der Waals surface area contributed by atoms with Gasteiger partial charge in [-0.1, -0.05) is 6.92 Å². The monoisotopic (exact) mass is 286 g/mol. The van der Waals surface area contributed by atoms with Crippen LogP contribution in [-0.4, -0.2) is 35.4 Å². The molecule has 2 rings (SSSR count). The van der Waals surface area contributed by atoms with E-state index in [0.29, 0.717) is 5.92 Å². The Hall–Kier alpha value is -1.08. The van der Waals surface area contributed by atoms with Gasteiger partial charge in [-0.05, 0) is 31.6 Å². The third-order valence-corrected chi connectivity index (χ3v) is 6.07. The molecule has 1 aliphatic carbocycles. The molecule has 1 fully saturated rings. The predicted octanol–water partition coefficient (Wildman–Crippen LogP) is 1.20. The molecule has 108 valence electrons. The number of hydrogen-bond donors (Lipinski definition) is 1. The minimum Gasteiger partial charge on any atom is -0.381 e. The summed E-state index contributed by atoms with van der Waals surface area (Å²) >= 11 is 0. The standard InChI is InChI=1S/C12H22N4O2S/c1-9-4-6-10(7-5-9)16(3)19(17,18)12-11(13)14-8-15(12)2/h8-10H,4-7,13H2,1-3H3. The maximum absolute atomic E-state index is 12.6. The molecule has 19 heavy (non-hydrogen) atoms. The lowest BCUT2D eigenvalue weighted by atomic mass is 9.87. The zero-order chi connectivity index (χ0) is 14.2. The zero-order valence-corrected chi connectivity index (χ0v) is 12.5. The van der Waals surface area contributed by atoms with Crippen molar-refractivity contribution in [2.24, 2.45) is 13.0 Å². The first kappa shape index (κ1) is 14.3. The second-order valence-corrected chi connectivity index (χ2v) is 7.39. The average Bonchev–Trinajstić information content (AvgIpc) is 2.69. The van der Waals surface area contributed by atoms with Crippen LogP contribution < -0.4 is 5.73 Å².